The van der Waals surface area contributed by atoms with E-state index in [2.05, 4.69) is 32.6 Å². The van der Waals surface area contributed by atoms with Gasteiger partial charge in [-0.05, 0) is 19.6 Å². The van der Waals surface area contributed by atoms with Crippen molar-refractivity contribution in [1.29, 1.82) is 0 Å². The number of nitrogens with zero attached hydrogens (tertiary/aromatic N) is 1. The van der Waals surface area contributed by atoms with Crippen LogP contribution in [-0.2, 0) is 6.42 Å². The number of rotatable bonds is 3. The fourth-order valence-electron chi connectivity index (χ4n) is 0.986. The second-order valence-corrected chi connectivity index (χ2v) is 4.46. The van der Waals surface area contributed by atoms with E-state index in [1.807, 2.05) is 13.2 Å². The molecule has 72 valence electrons. The first-order valence-electron chi connectivity index (χ1n) is 3.88. The second-order valence-electron chi connectivity index (χ2n) is 2.59. The highest BCUT2D eigenvalue weighted by molar-refractivity contribution is 14.1. The van der Waals surface area contributed by atoms with Crippen LogP contribution in [0.3, 0.4) is 0 Å². The second kappa shape index (κ2) is 4.99. The molecule has 0 saturated carbocycles. The highest BCUT2D eigenvalue weighted by Crippen LogP contribution is 2.09. The molecule has 0 aromatic carbocycles. The molecule has 0 spiro atoms. The van der Waals surface area contributed by atoms with Crippen LogP contribution in [-0.4, -0.2) is 20.7 Å². The first kappa shape index (κ1) is 11.0. The van der Waals surface area contributed by atoms with Gasteiger partial charge in [-0.1, -0.05) is 34.4 Å². The number of thioether (sulfide) groups is 1. The number of aromatic amines is 1. The van der Waals surface area contributed by atoms with Crippen molar-refractivity contribution in [3.63, 3.8) is 0 Å². The molecular weight excluding hydrogens is 299 g/mol. The summed E-state index contributed by atoms with van der Waals surface area (Å²) in [7, 11) is 0. The summed E-state index contributed by atoms with van der Waals surface area (Å²) in [5.41, 5.74) is 1.65. The van der Waals surface area contributed by atoms with Crippen molar-refractivity contribution in [3.05, 3.63) is 21.6 Å². The number of hydrogen-bond donors (Lipinski definition) is 1. The predicted molar refractivity (Wildman–Crippen MR) is 64.0 cm³/mol. The number of hydrogen-bond acceptors (Lipinski definition) is 3. The molecule has 0 aliphatic rings. The summed E-state index contributed by atoms with van der Waals surface area (Å²) >= 11 is 3.75. The third-order valence-corrected chi connectivity index (χ3v) is 2.87. The minimum Gasteiger partial charge on any atom is -0.301 e. The monoisotopic (exact) mass is 310 g/mol. The number of aromatic nitrogens is 2. The van der Waals surface area contributed by atoms with E-state index in [4.69, 9.17) is 0 Å². The summed E-state index contributed by atoms with van der Waals surface area (Å²) in [5.74, 6) is 0. The van der Waals surface area contributed by atoms with Gasteiger partial charge in [-0.25, -0.2) is 4.98 Å². The Hall–Kier alpha value is -0.0400. The quantitative estimate of drug-likeness (QED) is 0.401. The first-order valence-corrected chi connectivity index (χ1v) is 6.63. The minimum absolute atomic E-state index is 0.0146. The van der Waals surface area contributed by atoms with Gasteiger partial charge in [-0.3, -0.25) is 4.79 Å². The van der Waals surface area contributed by atoms with Crippen LogP contribution in [0, 0.1) is 6.92 Å². The zero-order valence-electron chi connectivity index (χ0n) is 7.56. The molecule has 0 amide bonds. The Bertz CT molecular complexity index is 350. The molecule has 1 rings (SSSR count). The van der Waals surface area contributed by atoms with Gasteiger partial charge < -0.3 is 4.98 Å². The maximum absolute atomic E-state index is 11.4. The van der Waals surface area contributed by atoms with Crippen LogP contribution in [0.2, 0.25) is 0 Å². The van der Waals surface area contributed by atoms with E-state index in [0.717, 1.165) is 22.1 Å². The van der Waals surface area contributed by atoms with Crippen molar-refractivity contribution in [2.75, 3.05) is 10.7 Å². The molecule has 13 heavy (non-hydrogen) atoms. The van der Waals surface area contributed by atoms with Gasteiger partial charge in [0.25, 0.3) is 5.56 Å². The molecule has 0 radical (unpaired) electrons. The summed E-state index contributed by atoms with van der Waals surface area (Å²) in [6.45, 7) is 1.82. The van der Waals surface area contributed by atoms with Crippen molar-refractivity contribution >= 4 is 34.4 Å². The van der Waals surface area contributed by atoms with Gasteiger partial charge in [0.2, 0.25) is 0 Å². The smallest absolute Gasteiger partial charge is 0.254 e. The van der Waals surface area contributed by atoms with Crippen molar-refractivity contribution in [2.24, 2.45) is 0 Å². The van der Waals surface area contributed by atoms with Crippen LogP contribution in [0.5, 0.6) is 0 Å². The maximum atomic E-state index is 11.4. The number of aryl methyl sites for hydroxylation is 1. The lowest BCUT2D eigenvalue weighted by Crippen LogP contribution is -2.15. The summed E-state index contributed by atoms with van der Waals surface area (Å²) < 4.78 is 0.989. The molecule has 1 N–H and O–H groups in total. The van der Waals surface area contributed by atoms with E-state index in [-0.39, 0.29) is 5.56 Å². The average Bonchev–Trinajstić information content (AvgIpc) is 2.13. The molecule has 3 nitrogen and oxygen atoms in total. The SMILES string of the molecule is CSc1nc(CCI)c(C)c(=O)[nH]1. The van der Waals surface area contributed by atoms with Gasteiger partial charge in [-0.2, -0.15) is 0 Å². The molecule has 0 unspecified atom stereocenters. The summed E-state index contributed by atoms with van der Waals surface area (Å²) in [4.78, 5) is 18.4. The molecule has 0 aliphatic heterocycles. The zero-order chi connectivity index (χ0) is 9.84. The minimum atomic E-state index is -0.0146. The summed E-state index contributed by atoms with van der Waals surface area (Å²) in [5, 5.41) is 0.704. The van der Waals surface area contributed by atoms with Crippen LogP contribution in [0.4, 0.5) is 0 Å². The molecule has 0 saturated heterocycles. The van der Waals surface area contributed by atoms with Gasteiger partial charge >= 0.3 is 0 Å². The maximum Gasteiger partial charge on any atom is 0.254 e. The fourth-order valence-corrected chi connectivity index (χ4v) is 1.89. The lowest BCUT2D eigenvalue weighted by molar-refractivity contribution is 0.855. The van der Waals surface area contributed by atoms with Crippen LogP contribution in [0.1, 0.15) is 11.3 Å². The highest BCUT2D eigenvalue weighted by Gasteiger charge is 2.05. The number of nitrogens with one attached hydrogen (secondary N) is 1. The largest absolute Gasteiger partial charge is 0.301 e. The number of H-pyrrole nitrogens is 1. The van der Waals surface area contributed by atoms with Gasteiger partial charge in [0.15, 0.2) is 5.16 Å². The predicted octanol–water partition coefficient (Wildman–Crippen LogP) is 1.78. The van der Waals surface area contributed by atoms with E-state index >= 15 is 0 Å². The van der Waals surface area contributed by atoms with Gasteiger partial charge in [-0.15, -0.1) is 0 Å². The van der Waals surface area contributed by atoms with Crippen LogP contribution >= 0.6 is 34.4 Å². The van der Waals surface area contributed by atoms with Crippen LogP contribution < -0.4 is 5.56 Å². The van der Waals surface area contributed by atoms with E-state index in [9.17, 15) is 4.79 Å². The molecular formula is C8H11IN2OS. The van der Waals surface area contributed by atoms with Crippen molar-refractivity contribution in [2.45, 2.75) is 18.5 Å². The molecule has 5 heteroatoms. The third kappa shape index (κ3) is 2.70. The topological polar surface area (TPSA) is 45.8 Å². The first-order chi connectivity index (χ1) is 6.19. The molecule has 0 fully saturated rings. The molecule has 0 aliphatic carbocycles. The van der Waals surface area contributed by atoms with Gasteiger partial charge in [0.05, 0.1) is 5.69 Å². The van der Waals surface area contributed by atoms with Crippen LogP contribution in [0.25, 0.3) is 0 Å². The van der Waals surface area contributed by atoms with E-state index in [1.54, 1.807) is 0 Å². The molecule has 1 aromatic heterocycles. The normalized spacial score (nSPS) is 10.4. The van der Waals surface area contributed by atoms with E-state index in [1.165, 1.54) is 11.8 Å². The standard InChI is InChI=1S/C8H11IN2OS/c1-5-6(3-4-9)10-8(13-2)11-7(5)12/h3-4H2,1-2H3,(H,10,11,12). The Labute approximate surface area is 94.9 Å². The number of alkyl halides is 1. The molecule has 0 atom stereocenters. The van der Waals surface area contributed by atoms with Gasteiger partial charge in [0.1, 0.15) is 0 Å². The number of halogens is 1. The fraction of sp³-hybridized carbons (Fsp3) is 0.500. The lowest BCUT2D eigenvalue weighted by atomic mass is 10.2. The Balaban J connectivity index is 3.17. The summed E-state index contributed by atoms with van der Waals surface area (Å²) in [6.07, 6.45) is 2.77. The Morgan fingerprint density at radius 3 is 2.85 bits per heavy atom. The van der Waals surface area contributed by atoms with Gasteiger partial charge in [0, 0.05) is 9.99 Å². The molecule has 1 heterocycles. The van der Waals surface area contributed by atoms with Crippen molar-refractivity contribution < 1.29 is 0 Å². The lowest BCUT2D eigenvalue weighted by Gasteiger charge is -2.03. The molecule has 1 aromatic rings. The molecule has 0 bridgehead atoms. The summed E-state index contributed by atoms with van der Waals surface area (Å²) in [6, 6.07) is 0. The van der Waals surface area contributed by atoms with Crippen molar-refractivity contribution in [1.82, 2.24) is 9.97 Å². The van der Waals surface area contributed by atoms with E-state index < -0.39 is 0 Å². The third-order valence-electron chi connectivity index (χ3n) is 1.76. The Morgan fingerprint density at radius 2 is 2.31 bits per heavy atom. The van der Waals surface area contributed by atoms with Crippen molar-refractivity contribution in [3.8, 4) is 0 Å². The highest BCUT2D eigenvalue weighted by atomic mass is 127. The van der Waals surface area contributed by atoms with E-state index in [0.29, 0.717) is 5.16 Å². The Kier molecular flexibility index (Phi) is 4.24. The van der Waals surface area contributed by atoms with Crippen LogP contribution in [0.15, 0.2) is 9.95 Å². The Morgan fingerprint density at radius 1 is 1.62 bits per heavy atom. The average molecular weight is 310 g/mol. The zero-order valence-corrected chi connectivity index (χ0v) is 10.5.